The van der Waals surface area contributed by atoms with E-state index in [-0.39, 0.29) is 36.4 Å². The minimum absolute atomic E-state index is 0. The van der Waals surface area contributed by atoms with Gasteiger partial charge in [0, 0.05) is 26.2 Å². The molecule has 1 amide bonds. The molecule has 1 fully saturated rings. The highest BCUT2D eigenvalue weighted by Crippen LogP contribution is 2.09. The Morgan fingerprint density at radius 1 is 1.08 bits per heavy atom. The van der Waals surface area contributed by atoms with Crippen molar-refractivity contribution in [2.24, 2.45) is 4.99 Å². The predicted octanol–water partition coefficient (Wildman–Crippen LogP) is 3.03. The summed E-state index contributed by atoms with van der Waals surface area (Å²) < 4.78 is 0. The van der Waals surface area contributed by atoms with Crippen molar-refractivity contribution in [3.63, 3.8) is 0 Å². The molecular formula is C20H33IN4O. The summed E-state index contributed by atoms with van der Waals surface area (Å²) in [5.41, 5.74) is 3.91. The largest absolute Gasteiger partial charge is 0.357 e. The van der Waals surface area contributed by atoms with Crippen LogP contribution in [0, 0.1) is 13.8 Å². The zero-order valence-electron chi connectivity index (χ0n) is 16.3. The van der Waals surface area contributed by atoms with Crippen LogP contribution in [0.5, 0.6) is 0 Å². The van der Waals surface area contributed by atoms with Crippen LogP contribution in [0.1, 0.15) is 42.9 Å². The third-order valence-corrected chi connectivity index (χ3v) is 4.41. The molecule has 1 aromatic rings. The van der Waals surface area contributed by atoms with E-state index in [1.165, 1.54) is 23.1 Å². The molecule has 0 bridgehead atoms. The number of carbonyl (C=O) groups excluding carboxylic acids is 1. The van der Waals surface area contributed by atoms with E-state index in [1.54, 1.807) is 0 Å². The lowest BCUT2D eigenvalue weighted by Gasteiger charge is -2.26. The first-order valence-electron chi connectivity index (χ1n) is 9.45. The summed E-state index contributed by atoms with van der Waals surface area (Å²) in [7, 11) is 0. The topological polar surface area (TPSA) is 56.7 Å². The SMILES string of the molecule is CCNC(=NCC(=O)N1CCCCC1)NCCc1cc(C)cc(C)c1.I. The molecule has 0 aromatic heterocycles. The molecule has 0 radical (unpaired) electrons. The predicted molar refractivity (Wildman–Crippen MR) is 119 cm³/mol. The minimum atomic E-state index is 0. The summed E-state index contributed by atoms with van der Waals surface area (Å²) in [6, 6.07) is 6.63. The maximum atomic E-state index is 12.2. The Bertz CT molecular complexity index is 577. The van der Waals surface area contributed by atoms with Crippen LogP contribution in [0.4, 0.5) is 0 Å². The number of piperidine rings is 1. The summed E-state index contributed by atoms with van der Waals surface area (Å²) in [6.45, 7) is 9.85. The lowest BCUT2D eigenvalue weighted by molar-refractivity contribution is -0.130. The summed E-state index contributed by atoms with van der Waals surface area (Å²) in [6.07, 6.45) is 4.40. The molecule has 146 valence electrons. The standard InChI is InChI=1S/C20H32N4O.HI/c1-4-21-20(23-15-19(25)24-10-6-5-7-11-24)22-9-8-18-13-16(2)12-17(3)14-18;/h12-14H,4-11,15H2,1-3H3,(H2,21,22,23);1H. The van der Waals surface area contributed by atoms with Crippen LogP contribution in [-0.4, -0.2) is 49.5 Å². The van der Waals surface area contributed by atoms with Crippen LogP contribution in [0.15, 0.2) is 23.2 Å². The van der Waals surface area contributed by atoms with Crippen LogP contribution in [-0.2, 0) is 11.2 Å². The minimum Gasteiger partial charge on any atom is -0.357 e. The van der Waals surface area contributed by atoms with Gasteiger partial charge in [-0.1, -0.05) is 29.3 Å². The van der Waals surface area contributed by atoms with E-state index in [9.17, 15) is 4.79 Å². The van der Waals surface area contributed by atoms with Gasteiger partial charge in [-0.05, 0) is 52.0 Å². The molecule has 2 rings (SSSR count). The van der Waals surface area contributed by atoms with E-state index >= 15 is 0 Å². The van der Waals surface area contributed by atoms with E-state index in [0.29, 0.717) is 0 Å². The number of nitrogens with zero attached hydrogens (tertiary/aromatic N) is 2. The zero-order valence-corrected chi connectivity index (χ0v) is 18.6. The van der Waals surface area contributed by atoms with Crippen molar-refractivity contribution in [3.05, 3.63) is 34.9 Å². The summed E-state index contributed by atoms with van der Waals surface area (Å²) in [5.74, 6) is 0.850. The Balaban J connectivity index is 0.00000338. The molecule has 1 aliphatic rings. The molecule has 26 heavy (non-hydrogen) atoms. The number of halogens is 1. The summed E-state index contributed by atoms with van der Waals surface area (Å²) >= 11 is 0. The highest BCUT2D eigenvalue weighted by atomic mass is 127. The van der Waals surface area contributed by atoms with Crippen molar-refractivity contribution < 1.29 is 4.79 Å². The van der Waals surface area contributed by atoms with E-state index in [4.69, 9.17) is 0 Å². The van der Waals surface area contributed by atoms with Gasteiger partial charge in [0.1, 0.15) is 6.54 Å². The molecule has 0 aliphatic carbocycles. The van der Waals surface area contributed by atoms with Crippen molar-refractivity contribution in [1.29, 1.82) is 0 Å². The molecule has 1 saturated heterocycles. The maximum Gasteiger partial charge on any atom is 0.244 e. The van der Waals surface area contributed by atoms with E-state index in [1.807, 2.05) is 11.8 Å². The van der Waals surface area contributed by atoms with E-state index in [0.717, 1.165) is 51.4 Å². The van der Waals surface area contributed by atoms with E-state index < -0.39 is 0 Å². The first kappa shape index (κ1) is 22.7. The van der Waals surface area contributed by atoms with Crippen molar-refractivity contribution in [3.8, 4) is 0 Å². The molecule has 5 nitrogen and oxygen atoms in total. The third kappa shape index (κ3) is 7.93. The van der Waals surface area contributed by atoms with Gasteiger partial charge in [0.25, 0.3) is 0 Å². The average Bonchev–Trinajstić information content (AvgIpc) is 2.59. The van der Waals surface area contributed by atoms with Crippen molar-refractivity contribution in [2.75, 3.05) is 32.7 Å². The number of benzene rings is 1. The third-order valence-electron chi connectivity index (χ3n) is 4.41. The molecule has 0 atom stereocenters. The number of carbonyl (C=O) groups is 1. The van der Waals surface area contributed by atoms with Gasteiger partial charge in [0.15, 0.2) is 5.96 Å². The van der Waals surface area contributed by atoms with Gasteiger partial charge in [-0.25, -0.2) is 4.99 Å². The van der Waals surface area contributed by atoms with Gasteiger partial charge in [0.2, 0.25) is 5.91 Å². The monoisotopic (exact) mass is 472 g/mol. The summed E-state index contributed by atoms with van der Waals surface area (Å²) in [4.78, 5) is 18.6. The number of aryl methyl sites for hydroxylation is 2. The number of hydrogen-bond donors (Lipinski definition) is 2. The van der Waals surface area contributed by atoms with Gasteiger partial charge in [-0.2, -0.15) is 0 Å². The molecule has 6 heteroatoms. The molecule has 1 heterocycles. The van der Waals surface area contributed by atoms with Crippen LogP contribution < -0.4 is 10.6 Å². The second-order valence-electron chi connectivity index (χ2n) is 6.81. The maximum absolute atomic E-state index is 12.2. The molecular weight excluding hydrogens is 439 g/mol. The first-order valence-corrected chi connectivity index (χ1v) is 9.45. The number of guanidine groups is 1. The van der Waals surface area contributed by atoms with Gasteiger partial charge in [-0.15, -0.1) is 24.0 Å². The molecule has 0 saturated carbocycles. The Hall–Kier alpha value is -1.31. The van der Waals surface area contributed by atoms with Crippen LogP contribution in [0.25, 0.3) is 0 Å². The average molecular weight is 472 g/mol. The fourth-order valence-electron chi connectivity index (χ4n) is 3.27. The fraction of sp³-hybridized carbons (Fsp3) is 0.600. The van der Waals surface area contributed by atoms with Crippen molar-refractivity contribution >= 4 is 35.8 Å². The molecule has 1 aliphatic heterocycles. The van der Waals surface area contributed by atoms with E-state index in [2.05, 4.69) is 47.7 Å². The zero-order chi connectivity index (χ0) is 18.1. The normalized spacial score (nSPS) is 14.6. The molecule has 1 aromatic carbocycles. The quantitative estimate of drug-likeness (QED) is 0.380. The van der Waals surface area contributed by atoms with Crippen molar-refractivity contribution in [2.45, 2.75) is 46.5 Å². The second kappa shape index (κ2) is 12.1. The smallest absolute Gasteiger partial charge is 0.244 e. The first-order chi connectivity index (χ1) is 12.1. The number of aliphatic imine (C=N–C) groups is 1. The Morgan fingerprint density at radius 3 is 2.35 bits per heavy atom. The number of nitrogens with one attached hydrogen (secondary N) is 2. The van der Waals surface area contributed by atoms with Crippen LogP contribution >= 0.6 is 24.0 Å². The highest BCUT2D eigenvalue weighted by Gasteiger charge is 2.15. The molecule has 2 N–H and O–H groups in total. The van der Waals surface area contributed by atoms with Gasteiger partial charge < -0.3 is 15.5 Å². The number of rotatable bonds is 6. The van der Waals surface area contributed by atoms with Gasteiger partial charge >= 0.3 is 0 Å². The number of amides is 1. The lowest BCUT2D eigenvalue weighted by atomic mass is 10.1. The Morgan fingerprint density at radius 2 is 1.73 bits per heavy atom. The summed E-state index contributed by atoms with van der Waals surface area (Å²) in [5, 5.41) is 6.55. The second-order valence-corrected chi connectivity index (χ2v) is 6.81. The molecule has 0 unspecified atom stereocenters. The lowest BCUT2D eigenvalue weighted by Crippen LogP contribution is -2.41. The Labute approximate surface area is 175 Å². The van der Waals surface area contributed by atoms with Gasteiger partial charge in [-0.3, -0.25) is 4.79 Å². The van der Waals surface area contributed by atoms with Gasteiger partial charge in [0.05, 0.1) is 0 Å². The van der Waals surface area contributed by atoms with Crippen molar-refractivity contribution in [1.82, 2.24) is 15.5 Å². The molecule has 0 spiro atoms. The fourth-order valence-corrected chi connectivity index (χ4v) is 3.27. The highest BCUT2D eigenvalue weighted by molar-refractivity contribution is 14.0. The Kier molecular flexibility index (Phi) is 10.6. The number of hydrogen-bond acceptors (Lipinski definition) is 2. The van der Waals surface area contributed by atoms with Crippen LogP contribution in [0.3, 0.4) is 0 Å². The van der Waals surface area contributed by atoms with Crippen LogP contribution in [0.2, 0.25) is 0 Å². The number of likely N-dealkylation sites (tertiary alicyclic amines) is 1.